The fourth-order valence-electron chi connectivity index (χ4n) is 8.06. The van der Waals surface area contributed by atoms with Crippen molar-refractivity contribution in [2.24, 2.45) is 11.8 Å². The summed E-state index contributed by atoms with van der Waals surface area (Å²) in [5.74, 6) is 1.13. The van der Waals surface area contributed by atoms with E-state index >= 15 is 0 Å². The van der Waals surface area contributed by atoms with Crippen LogP contribution in [0.25, 0.3) is 0 Å². The Morgan fingerprint density at radius 1 is 0.468 bits per heavy atom. The Balaban J connectivity index is 1.22. The Bertz CT molecular complexity index is 804. The first-order valence-corrected chi connectivity index (χ1v) is 20.8. The molecule has 2 heterocycles. The number of rotatable bonds is 30. The highest BCUT2D eigenvalue weighted by Crippen LogP contribution is 2.53. The number of unbranched alkanes of at least 4 members (excludes halogenated alkanes) is 18. The maximum absolute atomic E-state index is 6.89. The van der Waals surface area contributed by atoms with E-state index in [1.54, 1.807) is 0 Å². The van der Waals surface area contributed by atoms with E-state index in [4.69, 9.17) is 9.47 Å². The zero-order valence-corrected chi connectivity index (χ0v) is 31.5. The minimum absolute atomic E-state index is 0.289. The molecule has 3 nitrogen and oxygen atoms in total. The first-order valence-electron chi connectivity index (χ1n) is 20.8. The monoisotopic (exact) mass is 652 g/mol. The lowest BCUT2D eigenvalue weighted by molar-refractivity contribution is -0.182. The lowest BCUT2D eigenvalue weighted by Gasteiger charge is -2.40. The standard InChI is InChI=1S/C44H77NO2/c1-4-6-8-10-12-14-16-18-20-22-24-26-28-30-32-34-36-44(46-42-40-38-45(3)39-41(40)43(42)47-44)37-35-33-31-29-27-25-23-21-19-17-15-13-11-9-7-5-2/h12-15,18-21,40-43H,4-11,16-17,22-39H2,1-3H3/b14-12-,15-13-,20-18-,21-19-/t40?,41?,42-,43?/m1/s1. The molecule has 0 aromatic carbocycles. The Labute approximate surface area is 293 Å². The highest BCUT2D eigenvalue weighted by atomic mass is 16.8. The van der Waals surface area contributed by atoms with Gasteiger partial charge in [0.05, 0.1) is 12.2 Å². The van der Waals surface area contributed by atoms with Crippen molar-refractivity contribution in [3.8, 4) is 0 Å². The highest BCUT2D eigenvalue weighted by Gasteiger charge is 2.63. The van der Waals surface area contributed by atoms with Crippen LogP contribution in [0.15, 0.2) is 48.6 Å². The Morgan fingerprint density at radius 3 is 1.19 bits per heavy atom. The van der Waals surface area contributed by atoms with E-state index in [9.17, 15) is 0 Å². The second-order valence-electron chi connectivity index (χ2n) is 15.3. The molecule has 0 aromatic heterocycles. The van der Waals surface area contributed by atoms with Gasteiger partial charge >= 0.3 is 0 Å². The fraction of sp³-hybridized carbons (Fsp3) is 0.818. The summed E-state index contributed by atoms with van der Waals surface area (Å²) in [5, 5.41) is 0. The molecule has 0 bridgehead atoms. The number of fused-ring (bicyclic) bond motifs is 4. The molecular weight excluding hydrogens is 574 g/mol. The van der Waals surface area contributed by atoms with Crippen molar-refractivity contribution in [2.45, 2.75) is 199 Å². The van der Waals surface area contributed by atoms with Gasteiger partial charge in [0.2, 0.25) is 0 Å². The lowest BCUT2D eigenvalue weighted by Crippen LogP contribution is -2.52. The van der Waals surface area contributed by atoms with Crippen LogP contribution in [-0.4, -0.2) is 43.0 Å². The molecule has 4 atom stereocenters. The molecular formula is C44H77NO2. The number of allylic oxidation sites excluding steroid dienone is 8. The number of nitrogens with zero attached hydrogens (tertiary/aromatic N) is 1. The van der Waals surface area contributed by atoms with Crippen LogP contribution in [0.1, 0.15) is 181 Å². The van der Waals surface area contributed by atoms with Crippen LogP contribution < -0.4 is 0 Å². The molecule has 2 saturated heterocycles. The first kappa shape index (κ1) is 40.3. The second-order valence-corrected chi connectivity index (χ2v) is 15.3. The van der Waals surface area contributed by atoms with E-state index in [1.807, 2.05) is 0 Å². The molecule has 0 amide bonds. The molecule has 3 fully saturated rings. The van der Waals surface area contributed by atoms with E-state index in [-0.39, 0.29) is 5.79 Å². The van der Waals surface area contributed by atoms with Crippen LogP contribution in [0.4, 0.5) is 0 Å². The van der Waals surface area contributed by atoms with Crippen LogP contribution >= 0.6 is 0 Å². The van der Waals surface area contributed by atoms with E-state index < -0.39 is 0 Å². The first-order chi connectivity index (χ1) is 23.2. The summed E-state index contributed by atoms with van der Waals surface area (Å²) in [4.78, 5) is 2.48. The quantitative estimate of drug-likeness (QED) is 0.0570. The maximum Gasteiger partial charge on any atom is 0.169 e. The van der Waals surface area contributed by atoms with Crippen molar-refractivity contribution in [3.63, 3.8) is 0 Å². The van der Waals surface area contributed by atoms with Gasteiger partial charge in [0.1, 0.15) is 0 Å². The van der Waals surface area contributed by atoms with Gasteiger partial charge in [-0.2, -0.15) is 0 Å². The third-order valence-electron chi connectivity index (χ3n) is 11.0. The predicted octanol–water partition coefficient (Wildman–Crippen LogP) is 13.1. The van der Waals surface area contributed by atoms with Gasteiger partial charge in [-0.15, -0.1) is 0 Å². The van der Waals surface area contributed by atoms with E-state index in [0.29, 0.717) is 24.0 Å². The Morgan fingerprint density at radius 2 is 0.809 bits per heavy atom. The summed E-state index contributed by atoms with van der Waals surface area (Å²) in [5.41, 5.74) is 0. The maximum atomic E-state index is 6.89. The summed E-state index contributed by atoms with van der Waals surface area (Å²) < 4.78 is 13.8. The van der Waals surface area contributed by atoms with Gasteiger partial charge in [0.15, 0.2) is 5.79 Å². The molecule has 47 heavy (non-hydrogen) atoms. The zero-order valence-electron chi connectivity index (χ0n) is 31.5. The third-order valence-corrected chi connectivity index (χ3v) is 11.0. The normalized spacial score (nSPS) is 24.0. The van der Waals surface area contributed by atoms with Crippen molar-refractivity contribution in [1.82, 2.24) is 4.90 Å². The van der Waals surface area contributed by atoms with Crippen molar-refractivity contribution in [3.05, 3.63) is 48.6 Å². The van der Waals surface area contributed by atoms with Crippen LogP contribution in [0.2, 0.25) is 0 Å². The summed E-state index contributed by atoms with van der Waals surface area (Å²) in [6.45, 7) is 6.94. The molecule has 0 spiro atoms. The van der Waals surface area contributed by atoms with Crippen molar-refractivity contribution in [2.75, 3.05) is 20.1 Å². The van der Waals surface area contributed by atoms with Gasteiger partial charge in [0.25, 0.3) is 0 Å². The zero-order chi connectivity index (χ0) is 33.3. The topological polar surface area (TPSA) is 21.7 Å². The largest absolute Gasteiger partial charge is 0.344 e. The Hall–Kier alpha value is -1.16. The summed E-state index contributed by atoms with van der Waals surface area (Å²) in [7, 11) is 2.26. The Kier molecular flexibility index (Phi) is 22.1. The molecule has 3 rings (SSSR count). The van der Waals surface area contributed by atoms with Crippen LogP contribution in [-0.2, 0) is 9.47 Å². The number of hydrogen-bond donors (Lipinski definition) is 0. The van der Waals surface area contributed by atoms with Crippen molar-refractivity contribution in [1.29, 1.82) is 0 Å². The molecule has 1 aliphatic carbocycles. The average molecular weight is 652 g/mol. The molecule has 0 aromatic rings. The van der Waals surface area contributed by atoms with Crippen molar-refractivity contribution >= 4 is 0 Å². The molecule has 3 aliphatic rings. The second kappa shape index (κ2) is 25.8. The summed E-state index contributed by atoms with van der Waals surface area (Å²) in [6.07, 6.45) is 53.0. The van der Waals surface area contributed by atoms with E-state index in [1.165, 1.54) is 154 Å². The van der Waals surface area contributed by atoms with Crippen LogP contribution in [0, 0.1) is 11.8 Å². The lowest BCUT2D eigenvalue weighted by atomic mass is 9.71. The van der Waals surface area contributed by atoms with Crippen molar-refractivity contribution < 1.29 is 9.47 Å². The molecule has 0 N–H and O–H groups in total. The number of ether oxygens (including phenoxy) is 2. The fourth-order valence-corrected chi connectivity index (χ4v) is 8.06. The molecule has 0 radical (unpaired) electrons. The molecule has 3 unspecified atom stereocenters. The predicted molar refractivity (Wildman–Crippen MR) is 205 cm³/mol. The minimum atomic E-state index is -0.289. The van der Waals surface area contributed by atoms with Gasteiger partial charge in [-0.3, -0.25) is 0 Å². The van der Waals surface area contributed by atoms with E-state index in [0.717, 1.165) is 25.7 Å². The minimum Gasteiger partial charge on any atom is -0.344 e. The average Bonchev–Trinajstić information content (AvgIpc) is 3.59. The summed E-state index contributed by atoms with van der Waals surface area (Å²) >= 11 is 0. The number of hydrogen-bond acceptors (Lipinski definition) is 3. The smallest absolute Gasteiger partial charge is 0.169 e. The molecule has 2 aliphatic heterocycles. The van der Waals surface area contributed by atoms with Gasteiger partial charge in [-0.25, -0.2) is 0 Å². The molecule has 270 valence electrons. The highest BCUT2D eigenvalue weighted by molar-refractivity contribution is 5.09. The third kappa shape index (κ3) is 16.4. The SMILES string of the molecule is CCCCC/C=C\C/C=C\CCCCCCCCC1(CCCCCCCC/C=C\C/C=C\CCCCC)OC2C3CN(C)CC3[C@H]2O1. The molecule has 1 saturated carbocycles. The molecule has 3 heteroatoms. The van der Waals surface area contributed by atoms with E-state index in [2.05, 4.69) is 74.4 Å². The van der Waals surface area contributed by atoms with Gasteiger partial charge in [-0.1, -0.05) is 140 Å². The van der Waals surface area contributed by atoms with Gasteiger partial charge < -0.3 is 14.4 Å². The number of likely N-dealkylation sites (tertiary alicyclic amines) is 1. The van der Waals surface area contributed by atoms with Gasteiger partial charge in [-0.05, 0) is 84.1 Å². The summed E-state index contributed by atoms with van der Waals surface area (Å²) in [6, 6.07) is 0. The van der Waals surface area contributed by atoms with Crippen LogP contribution in [0.5, 0.6) is 0 Å². The van der Waals surface area contributed by atoms with Crippen LogP contribution in [0.3, 0.4) is 0 Å². The van der Waals surface area contributed by atoms with Gasteiger partial charge in [0, 0.05) is 37.8 Å².